The number of hydrogen-bond acceptors (Lipinski definition) is 5. The smallest absolute Gasteiger partial charge is 0.155 e. The van der Waals surface area contributed by atoms with Crippen LogP contribution in [0.4, 0.5) is 5.82 Å². The van der Waals surface area contributed by atoms with Gasteiger partial charge in [-0.05, 0) is 25.2 Å². The van der Waals surface area contributed by atoms with Gasteiger partial charge in [0.15, 0.2) is 5.82 Å². The molecule has 0 aliphatic heterocycles. The summed E-state index contributed by atoms with van der Waals surface area (Å²) >= 11 is 4.96. The summed E-state index contributed by atoms with van der Waals surface area (Å²) in [5.74, 6) is 1.02. The van der Waals surface area contributed by atoms with Crippen LogP contribution in [-0.4, -0.2) is 32.7 Å². The van der Waals surface area contributed by atoms with Gasteiger partial charge >= 0.3 is 0 Å². The Balaban J connectivity index is 2.07. The van der Waals surface area contributed by atoms with Crippen molar-refractivity contribution >= 4 is 23.0 Å². The lowest BCUT2D eigenvalue weighted by Crippen LogP contribution is -2.30. The zero-order valence-corrected chi connectivity index (χ0v) is 11.0. The topological polar surface area (TPSA) is 84.1 Å². The first kappa shape index (κ1) is 13.2. The Morgan fingerprint density at radius 2 is 2.22 bits per heavy atom. The fourth-order valence-corrected chi connectivity index (χ4v) is 2.55. The van der Waals surface area contributed by atoms with E-state index >= 15 is 0 Å². The maximum Gasteiger partial charge on any atom is 0.155 e. The van der Waals surface area contributed by atoms with Crippen LogP contribution in [0, 0.1) is 5.92 Å². The first-order valence-electron chi connectivity index (χ1n) is 6.19. The highest BCUT2D eigenvalue weighted by Crippen LogP contribution is 2.26. The molecular weight excluding hydrogens is 248 g/mol. The van der Waals surface area contributed by atoms with E-state index in [-0.39, 0.29) is 11.6 Å². The van der Waals surface area contributed by atoms with Crippen LogP contribution in [-0.2, 0) is 0 Å². The molecule has 1 aliphatic carbocycles. The zero-order chi connectivity index (χ0) is 13.0. The number of nitrogens with two attached hydrogens (primary N) is 1. The van der Waals surface area contributed by atoms with Crippen LogP contribution in [0.15, 0.2) is 12.4 Å². The average Bonchev–Trinajstić information content (AvgIpc) is 2.39. The van der Waals surface area contributed by atoms with E-state index < -0.39 is 0 Å². The number of anilines is 1. The lowest BCUT2D eigenvalue weighted by atomic mass is 9.86. The maximum absolute atomic E-state index is 9.22. The highest BCUT2D eigenvalue weighted by atomic mass is 32.1. The lowest BCUT2D eigenvalue weighted by Gasteiger charge is -2.29. The van der Waals surface area contributed by atoms with E-state index in [4.69, 9.17) is 18.0 Å². The Labute approximate surface area is 112 Å². The molecule has 1 heterocycles. The molecule has 2 unspecified atom stereocenters. The van der Waals surface area contributed by atoms with Crippen molar-refractivity contribution in [2.24, 2.45) is 11.7 Å². The van der Waals surface area contributed by atoms with Crippen LogP contribution in [0.25, 0.3) is 0 Å². The maximum atomic E-state index is 9.22. The monoisotopic (exact) mass is 266 g/mol. The number of hydrogen-bond donors (Lipinski definition) is 3. The summed E-state index contributed by atoms with van der Waals surface area (Å²) in [6.07, 6.45) is 7.43. The van der Waals surface area contributed by atoms with Crippen LogP contribution >= 0.6 is 12.2 Å². The summed E-state index contributed by atoms with van der Waals surface area (Å²) in [6.45, 7) is 0.251. The Morgan fingerprint density at radius 1 is 1.44 bits per heavy atom. The highest BCUT2D eigenvalue weighted by Gasteiger charge is 2.22. The molecule has 5 nitrogen and oxygen atoms in total. The van der Waals surface area contributed by atoms with Gasteiger partial charge in [-0.3, -0.25) is 0 Å². The van der Waals surface area contributed by atoms with Crippen molar-refractivity contribution in [3.63, 3.8) is 0 Å². The molecule has 6 heteroatoms. The normalized spacial score (nSPS) is 23.6. The van der Waals surface area contributed by atoms with Gasteiger partial charge in [0.2, 0.25) is 0 Å². The Bertz CT molecular complexity index is 426. The first-order chi connectivity index (χ1) is 8.70. The van der Waals surface area contributed by atoms with E-state index in [0.717, 1.165) is 25.7 Å². The molecule has 1 aliphatic rings. The number of rotatable bonds is 4. The third kappa shape index (κ3) is 3.14. The average molecular weight is 266 g/mol. The number of nitrogens with one attached hydrogen (secondary N) is 1. The summed E-state index contributed by atoms with van der Waals surface area (Å²) in [5.41, 5.74) is 6.16. The van der Waals surface area contributed by atoms with Gasteiger partial charge in [-0.2, -0.15) is 0 Å². The second-order valence-electron chi connectivity index (χ2n) is 4.67. The van der Waals surface area contributed by atoms with Gasteiger partial charge < -0.3 is 16.2 Å². The predicted molar refractivity (Wildman–Crippen MR) is 74.4 cm³/mol. The second kappa shape index (κ2) is 6.06. The fraction of sp³-hybridized carbons (Fsp3) is 0.583. The zero-order valence-electron chi connectivity index (χ0n) is 10.2. The van der Waals surface area contributed by atoms with Gasteiger partial charge in [-0.1, -0.05) is 18.6 Å². The van der Waals surface area contributed by atoms with Crippen molar-refractivity contribution in [1.82, 2.24) is 9.97 Å². The van der Waals surface area contributed by atoms with E-state index in [9.17, 15) is 5.11 Å². The summed E-state index contributed by atoms with van der Waals surface area (Å²) in [6, 6.07) is 0.306. The number of aliphatic hydroxyl groups excluding tert-OH is 1. The quantitative estimate of drug-likeness (QED) is 0.707. The number of aromatic nitrogens is 2. The largest absolute Gasteiger partial charge is 0.396 e. The van der Waals surface area contributed by atoms with E-state index in [1.807, 2.05) is 0 Å². The summed E-state index contributed by atoms with van der Waals surface area (Å²) < 4.78 is 0. The fourth-order valence-electron chi connectivity index (χ4n) is 2.41. The Morgan fingerprint density at radius 3 is 2.94 bits per heavy atom. The molecule has 1 aromatic heterocycles. The molecule has 0 aromatic carbocycles. The summed E-state index contributed by atoms with van der Waals surface area (Å²) in [5, 5.41) is 12.6. The number of aliphatic hydroxyl groups is 1. The van der Waals surface area contributed by atoms with Gasteiger partial charge in [0, 0.05) is 25.0 Å². The standard InChI is InChI=1S/C12H18N4OS/c13-11(18)10-12(15-5-4-14-10)16-9-3-1-2-8(6-9)7-17/h4-5,8-9,17H,1-3,6-7H2,(H2,13,18)(H,15,16). The molecule has 1 fully saturated rings. The predicted octanol–water partition coefficient (Wildman–Crippen LogP) is 1.07. The summed E-state index contributed by atoms with van der Waals surface area (Å²) in [7, 11) is 0. The molecule has 0 saturated heterocycles. The van der Waals surface area contributed by atoms with E-state index in [0.29, 0.717) is 23.5 Å². The SMILES string of the molecule is NC(=S)c1nccnc1NC1CCCC(CO)C1. The highest BCUT2D eigenvalue weighted by molar-refractivity contribution is 7.80. The minimum Gasteiger partial charge on any atom is -0.396 e. The Kier molecular flexibility index (Phi) is 4.43. The van der Waals surface area contributed by atoms with Crippen LogP contribution in [0.3, 0.4) is 0 Å². The number of nitrogens with zero attached hydrogens (tertiary/aromatic N) is 2. The van der Waals surface area contributed by atoms with Gasteiger partial charge in [0.25, 0.3) is 0 Å². The van der Waals surface area contributed by atoms with Crippen molar-refractivity contribution in [3.05, 3.63) is 18.1 Å². The van der Waals surface area contributed by atoms with E-state index in [2.05, 4.69) is 15.3 Å². The molecule has 98 valence electrons. The molecular formula is C12H18N4OS. The number of thiocarbonyl (C=S) groups is 1. The molecule has 1 saturated carbocycles. The minimum absolute atomic E-state index is 0.250. The van der Waals surface area contributed by atoms with Crippen molar-refractivity contribution in [2.45, 2.75) is 31.7 Å². The van der Waals surface area contributed by atoms with Crippen LogP contribution in [0.5, 0.6) is 0 Å². The lowest BCUT2D eigenvalue weighted by molar-refractivity contribution is 0.184. The Hall–Kier alpha value is -1.27. The first-order valence-corrected chi connectivity index (χ1v) is 6.59. The molecule has 1 aromatic rings. The molecule has 0 bridgehead atoms. The molecule has 2 rings (SSSR count). The molecule has 18 heavy (non-hydrogen) atoms. The van der Waals surface area contributed by atoms with Crippen molar-refractivity contribution < 1.29 is 5.11 Å². The van der Waals surface area contributed by atoms with Crippen LogP contribution in [0.1, 0.15) is 31.4 Å². The van der Waals surface area contributed by atoms with Crippen molar-refractivity contribution in [1.29, 1.82) is 0 Å². The van der Waals surface area contributed by atoms with Crippen LogP contribution in [0.2, 0.25) is 0 Å². The molecule has 4 N–H and O–H groups in total. The van der Waals surface area contributed by atoms with Gasteiger partial charge in [0.1, 0.15) is 10.7 Å². The molecule has 0 radical (unpaired) electrons. The van der Waals surface area contributed by atoms with Crippen molar-refractivity contribution in [2.75, 3.05) is 11.9 Å². The third-order valence-corrected chi connectivity index (χ3v) is 3.51. The minimum atomic E-state index is 0.250. The molecule has 2 atom stereocenters. The second-order valence-corrected chi connectivity index (χ2v) is 5.11. The summed E-state index contributed by atoms with van der Waals surface area (Å²) in [4.78, 5) is 8.63. The third-order valence-electron chi connectivity index (χ3n) is 3.31. The van der Waals surface area contributed by atoms with E-state index in [1.54, 1.807) is 12.4 Å². The van der Waals surface area contributed by atoms with Gasteiger partial charge in [-0.25, -0.2) is 9.97 Å². The molecule has 0 spiro atoms. The van der Waals surface area contributed by atoms with Gasteiger partial charge in [0.05, 0.1) is 0 Å². The van der Waals surface area contributed by atoms with Crippen LogP contribution < -0.4 is 11.1 Å². The van der Waals surface area contributed by atoms with Gasteiger partial charge in [-0.15, -0.1) is 0 Å². The molecule has 0 amide bonds. The van der Waals surface area contributed by atoms with Crippen molar-refractivity contribution in [3.8, 4) is 0 Å². The van der Waals surface area contributed by atoms with E-state index in [1.165, 1.54) is 0 Å².